The van der Waals surface area contributed by atoms with Crippen LogP contribution >= 0.6 is 34.4 Å². The van der Waals surface area contributed by atoms with Gasteiger partial charge in [0.25, 0.3) is 11.1 Å². The Morgan fingerprint density at radius 1 is 1.33 bits per heavy atom. The minimum absolute atomic E-state index is 0.303. The number of imide groups is 1. The van der Waals surface area contributed by atoms with Crippen molar-refractivity contribution >= 4 is 57.5 Å². The van der Waals surface area contributed by atoms with Gasteiger partial charge >= 0.3 is 5.97 Å². The van der Waals surface area contributed by atoms with Crippen LogP contribution in [0.3, 0.4) is 0 Å². The van der Waals surface area contributed by atoms with E-state index >= 15 is 0 Å². The summed E-state index contributed by atoms with van der Waals surface area (Å²) in [6.45, 7) is 1.47. The molecule has 1 aromatic carbocycles. The van der Waals surface area contributed by atoms with E-state index in [1.165, 1.54) is 14.0 Å². The number of carbonyl (C=O) groups excluding carboxylic acids is 3. The van der Waals surface area contributed by atoms with Crippen molar-refractivity contribution < 1.29 is 19.1 Å². The smallest absolute Gasteiger partial charge is 0.328 e. The quantitative estimate of drug-likeness (QED) is 0.430. The Labute approximate surface area is 139 Å². The first-order valence-electron chi connectivity index (χ1n) is 6.04. The molecule has 0 spiro atoms. The number of nitrogens with zero attached hydrogens (tertiary/aromatic N) is 1. The number of rotatable bonds is 3. The van der Waals surface area contributed by atoms with Gasteiger partial charge in [-0.05, 0) is 65.0 Å². The molecule has 1 aliphatic heterocycles. The summed E-state index contributed by atoms with van der Waals surface area (Å²) < 4.78 is 5.65. The Morgan fingerprint density at radius 2 is 1.95 bits per heavy atom. The summed E-state index contributed by atoms with van der Waals surface area (Å²) in [5, 5.41) is -0.463. The van der Waals surface area contributed by atoms with Gasteiger partial charge in [0.15, 0.2) is 0 Å². The van der Waals surface area contributed by atoms with E-state index in [4.69, 9.17) is 0 Å². The molecule has 21 heavy (non-hydrogen) atoms. The molecule has 1 atom stereocenters. The molecule has 110 valence electrons. The molecule has 2 amide bonds. The molecule has 0 bridgehead atoms. The Bertz CT molecular complexity index is 626. The van der Waals surface area contributed by atoms with Gasteiger partial charge in [0, 0.05) is 3.57 Å². The van der Waals surface area contributed by atoms with Crippen molar-refractivity contribution in [1.29, 1.82) is 0 Å². The lowest BCUT2D eigenvalue weighted by molar-refractivity contribution is -0.148. The molecular formula is C14H12INO4S. The molecule has 7 heteroatoms. The number of carbonyl (C=O) groups is 3. The maximum absolute atomic E-state index is 12.3. The van der Waals surface area contributed by atoms with Crippen LogP contribution in [0.4, 0.5) is 4.79 Å². The van der Waals surface area contributed by atoms with E-state index in [-0.39, 0.29) is 0 Å². The molecule has 2 rings (SSSR count). The Kier molecular flexibility index (Phi) is 5.04. The van der Waals surface area contributed by atoms with Gasteiger partial charge in [-0.25, -0.2) is 4.79 Å². The first kappa shape index (κ1) is 16.0. The fraction of sp³-hybridized carbons (Fsp3) is 0.214. The molecule has 1 aromatic rings. The third-order valence-electron chi connectivity index (χ3n) is 2.92. The molecule has 1 aliphatic rings. The number of ether oxygens (including phenoxy) is 1. The van der Waals surface area contributed by atoms with E-state index in [0.29, 0.717) is 4.91 Å². The number of methoxy groups -OCH3 is 1. The summed E-state index contributed by atoms with van der Waals surface area (Å²) in [6.07, 6.45) is 1.64. The van der Waals surface area contributed by atoms with Gasteiger partial charge in [0.2, 0.25) is 0 Å². The van der Waals surface area contributed by atoms with Crippen LogP contribution in [0, 0.1) is 3.57 Å². The normalized spacial score (nSPS) is 18.2. The molecule has 0 N–H and O–H groups in total. The molecule has 1 saturated heterocycles. The second-order valence-electron chi connectivity index (χ2n) is 4.30. The van der Waals surface area contributed by atoms with Crippen molar-refractivity contribution in [3.05, 3.63) is 38.3 Å². The predicted octanol–water partition coefficient (Wildman–Crippen LogP) is 2.89. The second-order valence-corrected chi connectivity index (χ2v) is 6.54. The van der Waals surface area contributed by atoms with Crippen LogP contribution in [0.5, 0.6) is 0 Å². The maximum Gasteiger partial charge on any atom is 0.328 e. The third-order valence-corrected chi connectivity index (χ3v) is 4.52. The highest BCUT2D eigenvalue weighted by Gasteiger charge is 2.41. The fourth-order valence-corrected chi connectivity index (χ4v) is 3.07. The Morgan fingerprint density at radius 3 is 2.52 bits per heavy atom. The lowest BCUT2D eigenvalue weighted by Crippen LogP contribution is -2.42. The predicted molar refractivity (Wildman–Crippen MR) is 88.4 cm³/mol. The molecule has 1 heterocycles. The highest BCUT2D eigenvalue weighted by Crippen LogP contribution is 2.33. The number of halogens is 1. The minimum Gasteiger partial charge on any atom is -0.467 e. The zero-order chi connectivity index (χ0) is 15.6. The maximum atomic E-state index is 12.3. The van der Waals surface area contributed by atoms with E-state index in [1.54, 1.807) is 6.08 Å². The van der Waals surface area contributed by atoms with Crippen molar-refractivity contribution in [3.8, 4) is 0 Å². The first-order valence-corrected chi connectivity index (χ1v) is 7.94. The molecule has 0 radical (unpaired) electrons. The monoisotopic (exact) mass is 417 g/mol. The second kappa shape index (κ2) is 6.61. The topological polar surface area (TPSA) is 63.7 Å². The molecule has 1 unspecified atom stereocenters. The number of amides is 2. The van der Waals surface area contributed by atoms with Gasteiger partial charge in [-0.1, -0.05) is 12.1 Å². The van der Waals surface area contributed by atoms with Gasteiger partial charge < -0.3 is 4.74 Å². The summed E-state index contributed by atoms with van der Waals surface area (Å²) in [5.41, 5.74) is 0.826. The zero-order valence-corrected chi connectivity index (χ0v) is 14.3. The van der Waals surface area contributed by atoms with Crippen molar-refractivity contribution in [2.24, 2.45) is 0 Å². The van der Waals surface area contributed by atoms with Gasteiger partial charge in [-0.3, -0.25) is 14.5 Å². The van der Waals surface area contributed by atoms with Gasteiger partial charge in [0.1, 0.15) is 6.04 Å². The average molecular weight is 417 g/mol. The van der Waals surface area contributed by atoms with Crippen molar-refractivity contribution in [2.75, 3.05) is 7.11 Å². The molecular weight excluding hydrogens is 405 g/mol. The SMILES string of the molecule is COC(=O)C(C)N1C(=O)S/C(=C/c2ccc(I)cc2)C1=O. The van der Waals surface area contributed by atoms with Crippen LogP contribution in [-0.2, 0) is 14.3 Å². The Balaban J connectivity index is 2.25. The van der Waals surface area contributed by atoms with Gasteiger partial charge in [-0.2, -0.15) is 0 Å². The fourth-order valence-electron chi connectivity index (χ4n) is 1.80. The summed E-state index contributed by atoms with van der Waals surface area (Å²) in [5.74, 6) is -1.09. The highest BCUT2D eigenvalue weighted by atomic mass is 127. The van der Waals surface area contributed by atoms with Crippen LogP contribution < -0.4 is 0 Å². The number of benzene rings is 1. The molecule has 0 aliphatic carbocycles. The highest BCUT2D eigenvalue weighted by molar-refractivity contribution is 14.1. The number of esters is 1. The minimum atomic E-state index is -0.926. The van der Waals surface area contributed by atoms with E-state index in [0.717, 1.165) is 25.8 Å². The number of hydrogen-bond acceptors (Lipinski definition) is 5. The summed E-state index contributed by atoms with van der Waals surface area (Å²) in [6, 6.07) is 6.62. The Hall–Kier alpha value is -1.35. The van der Waals surface area contributed by atoms with Crippen LogP contribution in [-0.4, -0.2) is 35.2 Å². The summed E-state index contributed by atoms with van der Waals surface area (Å²) in [4.78, 5) is 36.9. The van der Waals surface area contributed by atoms with Gasteiger partial charge in [-0.15, -0.1) is 0 Å². The number of hydrogen-bond donors (Lipinski definition) is 0. The van der Waals surface area contributed by atoms with Crippen molar-refractivity contribution in [2.45, 2.75) is 13.0 Å². The van der Waals surface area contributed by atoms with Crippen LogP contribution in [0.1, 0.15) is 12.5 Å². The molecule has 0 saturated carbocycles. The van der Waals surface area contributed by atoms with E-state index in [2.05, 4.69) is 27.3 Å². The van der Waals surface area contributed by atoms with Crippen molar-refractivity contribution in [1.82, 2.24) is 4.90 Å². The van der Waals surface area contributed by atoms with E-state index in [1.807, 2.05) is 24.3 Å². The van der Waals surface area contributed by atoms with Gasteiger partial charge in [0.05, 0.1) is 12.0 Å². The lowest BCUT2D eigenvalue weighted by Gasteiger charge is -2.18. The zero-order valence-electron chi connectivity index (χ0n) is 11.3. The number of thioether (sulfide) groups is 1. The lowest BCUT2D eigenvalue weighted by atomic mass is 10.2. The third kappa shape index (κ3) is 3.46. The molecule has 5 nitrogen and oxygen atoms in total. The molecule has 0 aromatic heterocycles. The first-order chi connectivity index (χ1) is 9.93. The van der Waals surface area contributed by atoms with Crippen LogP contribution in [0.15, 0.2) is 29.2 Å². The average Bonchev–Trinajstić information content (AvgIpc) is 2.74. The largest absolute Gasteiger partial charge is 0.467 e. The summed E-state index contributed by atoms with van der Waals surface area (Å²) >= 11 is 3.01. The van der Waals surface area contributed by atoms with Crippen molar-refractivity contribution in [3.63, 3.8) is 0 Å². The summed E-state index contributed by atoms with van der Waals surface area (Å²) in [7, 11) is 1.22. The van der Waals surface area contributed by atoms with Crippen LogP contribution in [0.25, 0.3) is 6.08 Å². The molecule has 1 fully saturated rings. The van der Waals surface area contributed by atoms with E-state index in [9.17, 15) is 14.4 Å². The standard InChI is InChI=1S/C14H12INO4S/c1-8(13(18)20-2)16-12(17)11(21-14(16)19)7-9-3-5-10(15)6-4-9/h3-8H,1-2H3/b11-7+. The van der Waals surface area contributed by atoms with Crippen LogP contribution in [0.2, 0.25) is 0 Å². The van der Waals surface area contributed by atoms with E-state index < -0.39 is 23.2 Å².